The molecule has 5 aromatic rings. The van der Waals surface area contributed by atoms with Crippen LogP contribution in [0, 0.1) is 0 Å². The molecule has 1 aliphatic heterocycles. The van der Waals surface area contributed by atoms with Gasteiger partial charge in [0.05, 0.1) is 0 Å². The van der Waals surface area contributed by atoms with Crippen molar-refractivity contribution in [3.05, 3.63) is 168 Å². The average Bonchev–Trinajstić information content (AvgIpc) is 3.44. The van der Waals surface area contributed by atoms with Crippen LogP contribution in [0.5, 0.6) is 5.75 Å². The molecule has 214 valence electrons. The molecule has 1 N–H and O–H groups in total. The zero-order valence-corrected chi connectivity index (χ0v) is 24.4. The summed E-state index contributed by atoms with van der Waals surface area (Å²) in [5, 5.41) is 2.86. The second-order valence-electron chi connectivity index (χ2n) is 11.0. The highest BCUT2D eigenvalue weighted by atomic mass is 16.7. The van der Waals surface area contributed by atoms with Crippen LogP contribution in [0.15, 0.2) is 146 Å². The van der Waals surface area contributed by atoms with Crippen molar-refractivity contribution in [2.24, 2.45) is 0 Å². The van der Waals surface area contributed by atoms with Gasteiger partial charge in [0.15, 0.2) is 6.61 Å². The first kappa shape index (κ1) is 28.5. The molecule has 6 rings (SSSR count). The Kier molecular flexibility index (Phi) is 8.14. The molecular formula is C37H34BNO4. The predicted octanol–water partition coefficient (Wildman–Crippen LogP) is 6.22. The highest BCUT2D eigenvalue weighted by molar-refractivity contribution is 6.62. The lowest BCUT2D eigenvalue weighted by molar-refractivity contribution is -0.123. The van der Waals surface area contributed by atoms with Crippen LogP contribution in [0.4, 0.5) is 0 Å². The number of amides is 1. The maximum absolute atomic E-state index is 12.3. The molecule has 43 heavy (non-hydrogen) atoms. The summed E-state index contributed by atoms with van der Waals surface area (Å²) in [6, 6.07) is 48.8. The second kappa shape index (κ2) is 12.3. The van der Waals surface area contributed by atoms with Crippen LogP contribution < -0.4 is 15.5 Å². The largest absolute Gasteiger partial charge is 0.496 e. The van der Waals surface area contributed by atoms with Crippen molar-refractivity contribution in [2.45, 2.75) is 31.1 Å². The molecule has 1 fully saturated rings. The number of ether oxygens (including phenoxy) is 1. The van der Waals surface area contributed by atoms with Crippen LogP contribution in [-0.4, -0.2) is 25.7 Å². The summed E-state index contributed by atoms with van der Waals surface area (Å²) >= 11 is 0. The third-order valence-corrected chi connectivity index (χ3v) is 7.73. The number of hydrogen-bond donors (Lipinski definition) is 1. The van der Waals surface area contributed by atoms with E-state index in [2.05, 4.69) is 53.8 Å². The smallest absolute Gasteiger partial charge is 0.484 e. The van der Waals surface area contributed by atoms with Gasteiger partial charge in [-0.1, -0.05) is 133 Å². The predicted molar refractivity (Wildman–Crippen MR) is 170 cm³/mol. The first-order valence-electron chi connectivity index (χ1n) is 14.6. The minimum absolute atomic E-state index is 0.0379. The van der Waals surface area contributed by atoms with Gasteiger partial charge in [-0.3, -0.25) is 4.79 Å². The van der Waals surface area contributed by atoms with Gasteiger partial charge in [-0.25, -0.2) is 0 Å². The molecule has 0 unspecified atom stereocenters. The van der Waals surface area contributed by atoms with Gasteiger partial charge in [0, 0.05) is 6.04 Å². The highest BCUT2D eigenvalue weighted by Gasteiger charge is 2.65. The van der Waals surface area contributed by atoms with Crippen molar-refractivity contribution >= 4 is 18.5 Å². The van der Waals surface area contributed by atoms with Gasteiger partial charge in [-0.2, -0.15) is 0 Å². The van der Waals surface area contributed by atoms with E-state index in [1.54, 1.807) is 0 Å². The molecule has 0 saturated carbocycles. The Morgan fingerprint density at radius 2 is 1.07 bits per heavy atom. The summed E-state index contributed by atoms with van der Waals surface area (Å²) in [5.74, 6) is 0.388. The van der Waals surface area contributed by atoms with E-state index < -0.39 is 18.3 Å². The van der Waals surface area contributed by atoms with Crippen molar-refractivity contribution in [3.8, 4) is 5.75 Å². The van der Waals surface area contributed by atoms with Gasteiger partial charge in [0.2, 0.25) is 0 Å². The molecule has 0 aliphatic carbocycles. The van der Waals surface area contributed by atoms with Gasteiger partial charge in [-0.05, 0) is 53.7 Å². The molecule has 5 aromatic carbocycles. The van der Waals surface area contributed by atoms with Gasteiger partial charge < -0.3 is 19.4 Å². The Balaban J connectivity index is 1.55. The van der Waals surface area contributed by atoms with E-state index in [0.29, 0.717) is 5.75 Å². The molecule has 1 aliphatic rings. The van der Waals surface area contributed by atoms with E-state index in [1.807, 2.05) is 111 Å². The summed E-state index contributed by atoms with van der Waals surface area (Å²) < 4.78 is 20.5. The number of rotatable bonds is 9. The van der Waals surface area contributed by atoms with E-state index in [0.717, 1.165) is 27.7 Å². The molecule has 0 bridgehead atoms. The Bertz CT molecular complexity index is 1480. The normalized spacial score (nSPS) is 15.3. The van der Waals surface area contributed by atoms with Gasteiger partial charge in [-0.15, -0.1) is 0 Å². The summed E-state index contributed by atoms with van der Waals surface area (Å²) in [5.41, 5.74) is 2.51. The van der Waals surface area contributed by atoms with Crippen molar-refractivity contribution in [1.29, 1.82) is 0 Å². The Morgan fingerprint density at radius 3 is 1.47 bits per heavy atom. The lowest BCUT2D eigenvalue weighted by Gasteiger charge is -2.46. The molecule has 5 nitrogen and oxygen atoms in total. The summed E-state index contributed by atoms with van der Waals surface area (Å²) in [7, 11) is -0.770. The lowest BCUT2D eigenvalue weighted by Crippen LogP contribution is -2.48. The third kappa shape index (κ3) is 5.36. The molecule has 0 radical (unpaired) electrons. The Morgan fingerprint density at radius 1 is 0.651 bits per heavy atom. The summed E-state index contributed by atoms with van der Waals surface area (Å²) in [6.45, 7) is 3.76. The topological polar surface area (TPSA) is 56.8 Å². The van der Waals surface area contributed by atoms with E-state index in [-0.39, 0.29) is 18.6 Å². The van der Waals surface area contributed by atoms with Gasteiger partial charge in [0.1, 0.15) is 17.0 Å². The van der Waals surface area contributed by atoms with Crippen molar-refractivity contribution in [3.63, 3.8) is 0 Å². The van der Waals surface area contributed by atoms with Crippen LogP contribution >= 0.6 is 0 Å². The van der Waals surface area contributed by atoms with Crippen molar-refractivity contribution in [2.75, 3.05) is 6.61 Å². The molecule has 0 spiro atoms. The van der Waals surface area contributed by atoms with Crippen LogP contribution in [-0.2, 0) is 25.3 Å². The second-order valence-corrected chi connectivity index (χ2v) is 11.0. The standard InChI is InChI=1S/C37H34BNO4/c1-28(2)39-35(40)27-41-34-25-15-24-33(26-34)38-42-36(29-16-7-3-8-17-29,30-18-9-4-10-19-30)37(43-38,31-20-11-5-12-21-31)32-22-13-6-14-23-32/h3-26,28H,27H2,1-2H3,(H,39,40). The number of carbonyl (C=O) groups excluding carboxylic acids is 1. The molecule has 1 amide bonds. The van der Waals surface area contributed by atoms with Gasteiger partial charge in [0.25, 0.3) is 5.91 Å². The molecule has 0 atom stereocenters. The van der Waals surface area contributed by atoms with E-state index >= 15 is 0 Å². The maximum atomic E-state index is 12.3. The van der Waals surface area contributed by atoms with Crippen LogP contribution in [0.1, 0.15) is 36.1 Å². The average molecular weight is 567 g/mol. The molecule has 1 heterocycles. The van der Waals surface area contributed by atoms with Crippen molar-refractivity contribution < 1.29 is 18.8 Å². The number of benzene rings is 5. The van der Waals surface area contributed by atoms with Crippen LogP contribution in [0.2, 0.25) is 0 Å². The van der Waals surface area contributed by atoms with Gasteiger partial charge >= 0.3 is 7.12 Å². The van der Waals surface area contributed by atoms with E-state index in [1.165, 1.54) is 0 Å². The third-order valence-electron chi connectivity index (χ3n) is 7.73. The van der Waals surface area contributed by atoms with E-state index in [9.17, 15) is 4.79 Å². The zero-order valence-electron chi connectivity index (χ0n) is 24.4. The van der Waals surface area contributed by atoms with Crippen molar-refractivity contribution in [1.82, 2.24) is 5.32 Å². The number of nitrogens with one attached hydrogen (secondary N) is 1. The number of hydrogen-bond acceptors (Lipinski definition) is 4. The van der Waals surface area contributed by atoms with Crippen LogP contribution in [0.25, 0.3) is 0 Å². The Hall–Kier alpha value is -4.65. The molecule has 6 heteroatoms. The minimum atomic E-state index is -1.07. The molecule has 0 aromatic heterocycles. The summed E-state index contributed by atoms with van der Waals surface area (Å²) in [6.07, 6.45) is 0. The van der Waals surface area contributed by atoms with Crippen LogP contribution in [0.3, 0.4) is 0 Å². The zero-order chi connectivity index (χ0) is 29.7. The quantitative estimate of drug-likeness (QED) is 0.215. The minimum Gasteiger partial charge on any atom is -0.484 e. The highest BCUT2D eigenvalue weighted by Crippen LogP contribution is 2.58. The fraction of sp³-hybridized carbons (Fsp3) is 0.162. The monoisotopic (exact) mass is 567 g/mol. The fourth-order valence-electron chi connectivity index (χ4n) is 6.02. The first-order chi connectivity index (χ1) is 21.0. The Labute approximate surface area is 253 Å². The lowest BCUT2D eigenvalue weighted by atomic mass is 9.66. The molecule has 1 saturated heterocycles. The first-order valence-corrected chi connectivity index (χ1v) is 14.6. The fourth-order valence-corrected chi connectivity index (χ4v) is 6.02. The molecular weight excluding hydrogens is 533 g/mol. The maximum Gasteiger partial charge on any atom is 0.496 e. The van der Waals surface area contributed by atoms with E-state index in [4.69, 9.17) is 14.0 Å². The number of carbonyl (C=O) groups is 1. The SMILES string of the molecule is CC(C)NC(=O)COc1cccc(B2OC(c3ccccc3)(c3ccccc3)C(c3ccccc3)(c3ccccc3)O2)c1. The summed E-state index contributed by atoms with van der Waals surface area (Å²) in [4.78, 5) is 12.3.